The fraction of sp³-hybridized carbons (Fsp3) is 0.259. The van der Waals surface area contributed by atoms with Crippen molar-refractivity contribution in [3.63, 3.8) is 0 Å². The smallest absolute Gasteiger partial charge is 0.251 e. The lowest BCUT2D eigenvalue weighted by atomic mass is 10.1. The minimum Gasteiger partial charge on any atom is -0.490 e. The van der Waals surface area contributed by atoms with Crippen LogP contribution < -0.4 is 25.4 Å². The number of carbonyl (C=O) groups is 2. The third-order valence-electron chi connectivity index (χ3n) is 5.07. The predicted octanol–water partition coefficient (Wildman–Crippen LogP) is 4.72. The molecule has 0 aliphatic heterocycles. The largest absolute Gasteiger partial charge is 0.490 e. The van der Waals surface area contributed by atoms with Gasteiger partial charge < -0.3 is 25.4 Å². The first kappa shape index (κ1) is 24.6. The highest BCUT2D eigenvalue weighted by Crippen LogP contribution is 2.18. The summed E-state index contributed by atoms with van der Waals surface area (Å²) in [6, 6.07) is 23.9. The van der Waals surface area contributed by atoms with Gasteiger partial charge in [-0.05, 0) is 61.9 Å². The van der Waals surface area contributed by atoms with Gasteiger partial charge in [-0.3, -0.25) is 9.59 Å². The van der Waals surface area contributed by atoms with Crippen molar-refractivity contribution in [3.05, 3.63) is 84.4 Å². The fourth-order valence-corrected chi connectivity index (χ4v) is 3.04. The zero-order valence-corrected chi connectivity index (χ0v) is 19.5. The normalized spacial score (nSPS) is 11.2. The van der Waals surface area contributed by atoms with Crippen LogP contribution >= 0.6 is 0 Å². The van der Waals surface area contributed by atoms with Crippen LogP contribution in [-0.2, 0) is 4.79 Å². The maximum Gasteiger partial charge on any atom is 0.251 e. The molecular weight excluding hydrogens is 430 g/mol. The van der Waals surface area contributed by atoms with E-state index in [0.29, 0.717) is 30.2 Å². The van der Waals surface area contributed by atoms with Crippen LogP contribution in [0.25, 0.3) is 0 Å². The summed E-state index contributed by atoms with van der Waals surface area (Å²) in [4.78, 5) is 24.5. The SMILES string of the molecule is CCC(C)NC(=O)c1ccc(NCC(=O)Nc2cccc(OCCOc3ccccc3)c2)cc1. The number of nitrogens with one attached hydrogen (secondary N) is 3. The molecule has 1 unspecified atom stereocenters. The van der Waals surface area contributed by atoms with Crippen molar-refractivity contribution < 1.29 is 19.1 Å². The quantitative estimate of drug-likeness (QED) is 0.340. The van der Waals surface area contributed by atoms with Gasteiger partial charge in [0, 0.05) is 29.0 Å². The maximum atomic E-state index is 12.3. The molecule has 2 amide bonds. The maximum absolute atomic E-state index is 12.3. The topological polar surface area (TPSA) is 88.7 Å². The van der Waals surface area contributed by atoms with E-state index in [2.05, 4.69) is 16.0 Å². The van der Waals surface area contributed by atoms with Gasteiger partial charge in [0.05, 0.1) is 6.54 Å². The van der Waals surface area contributed by atoms with Crippen molar-refractivity contribution in [1.29, 1.82) is 0 Å². The standard InChI is InChI=1S/C27H31N3O4/c1-3-20(2)29-27(32)21-12-14-22(15-13-21)28-19-26(31)30-23-8-7-11-25(18-23)34-17-16-33-24-9-5-4-6-10-24/h4-15,18,20,28H,3,16-17,19H2,1-2H3,(H,29,32)(H,30,31). The molecule has 0 heterocycles. The lowest BCUT2D eigenvalue weighted by Gasteiger charge is -2.12. The van der Waals surface area contributed by atoms with Crippen LogP contribution in [0.5, 0.6) is 11.5 Å². The molecular formula is C27H31N3O4. The van der Waals surface area contributed by atoms with Gasteiger partial charge >= 0.3 is 0 Å². The molecule has 0 aliphatic carbocycles. The van der Waals surface area contributed by atoms with E-state index in [4.69, 9.17) is 9.47 Å². The van der Waals surface area contributed by atoms with Crippen molar-refractivity contribution in [1.82, 2.24) is 5.32 Å². The highest BCUT2D eigenvalue weighted by molar-refractivity contribution is 5.95. The van der Waals surface area contributed by atoms with E-state index in [9.17, 15) is 9.59 Å². The van der Waals surface area contributed by atoms with Crippen molar-refractivity contribution in [3.8, 4) is 11.5 Å². The zero-order valence-electron chi connectivity index (χ0n) is 19.5. The summed E-state index contributed by atoms with van der Waals surface area (Å²) in [5.41, 5.74) is 1.98. The molecule has 1 atom stereocenters. The molecule has 7 nitrogen and oxygen atoms in total. The third-order valence-corrected chi connectivity index (χ3v) is 5.07. The minimum atomic E-state index is -0.192. The summed E-state index contributed by atoms with van der Waals surface area (Å²) in [6.07, 6.45) is 0.873. The molecule has 3 rings (SSSR count). The molecule has 34 heavy (non-hydrogen) atoms. The summed E-state index contributed by atoms with van der Waals surface area (Å²) in [7, 11) is 0. The summed E-state index contributed by atoms with van der Waals surface area (Å²) >= 11 is 0. The van der Waals surface area contributed by atoms with E-state index >= 15 is 0 Å². The molecule has 0 aliphatic rings. The second-order valence-corrected chi connectivity index (χ2v) is 7.80. The lowest BCUT2D eigenvalue weighted by molar-refractivity contribution is -0.114. The van der Waals surface area contributed by atoms with Crippen molar-refractivity contribution in [2.75, 3.05) is 30.4 Å². The Balaban J connectivity index is 1.41. The van der Waals surface area contributed by atoms with E-state index in [1.807, 2.05) is 56.3 Å². The van der Waals surface area contributed by atoms with Crippen LogP contribution in [0.1, 0.15) is 30.6 Å². The van der Waals surface area contributed by atoms with E-state index in [-0.39, 0.29) is 24.4 Å². The van der Waals surface area contributed by atoms with E-state index < -0.39 is 0 Å². The van der Waals surface area contributed by atoms with Crippen LogP contribution in [0.4, 0.5) is 11.4 Å². The average molecular weight is 462 g/mol. The first-order valence-electron chi connectivity index (χ1n) is 11.4. The Morgan fingerprint density at radius 2 is 1.50 bits per heavy atom. The van der Waals surface area contributed by atoms with Gasteiger partial charge in [-0.1, -0.05) is 31.2 Å². The Bertz CT molecular complexity index is 1050. The second kappa shape index (κ2) is 12.9. The number of hydrogen-bond donors (Lipinski definition) is 3. The third kappa shape index (κ3) is 8.16. The Morgan fingerprint density at radius 1 is 0.824 bits per heavy atom. The molecule has 0 fully saturated rings. The second-order valence-electron chi connectivity index (χ2n) is 7.80. The van der Waals surface area contributed by atoms with Gasteiger partial charge in [-0.2, -0.15) is 0 Å². The summed E-state index contributed by atoms with van der Waals surface area (Å²) in [5, 5.41) is 8.84. The first-order valence-corrected chi connectivity index (χ1v) is 11.4. The number of ether oxygens (including phenoxy) is 2. The first-order chi connectivity index (χ1) is 16.5. The van der Waals surface area contributed by atoms with Gasteiger partial charge in [-0.25, -0.2) is 0 Å². The number of anilines is 2. The molecule has 0 saturated carbocycles. The molecule has 0 radical (unpaired) electrons. The molecule has 0 aromatic heterocycles. The molecule has 3 aromatic carbocycles. The predicted molar refractivity (Wildman–Crippen MR) is 135 cm³/mol. The molecule has 0 saturated heterocycles. The molecule has 0 spiro atoms. The number of carbonyl (C=O) groups excluding carboxylic acids is 2. The van der Waals surface area contributed by atoms with Gasteiger partial charge in [0.25, 0.3) is 5.91 Å². The molecule has 7 heteroatoms. The number of rotatable bonds is 12. The van der Waals surface area contributed by atoms with Crippen molar-refractivity contribution in [2.45, 2.75) is 26.3 Å². The average Bonchev–Trinajstić information content (AvgIpc) is 2.86. The fourth-order valence-electron chi connectivity index (χ4n) is 3.04. The lowest BCUT2D eigenvalue weighted by Crippen LogP contribution is -2.31. The highest BCUT2D eigenvalue weighted by Gasteiger charge is 2.09. The van der Waals surface area contributed by atoms with Gasteiger partial charge in [0.2, 0.25) is 5.91 Å². The van der Waals surface area contributed by atoms with Gasteiger partial charge in [0.15, 0.2) is 0 Å². The number of para-hydroxylation sites is 1. The van der Waals surface area contributed by atoms with E-state index in [1.165, 1.54) is 0 Å². The van der Waals surface area contributed by atoms with E-state index in [1.54, 1.807) is 36.4 Å². The van der Waals surface area contributed by atoms with Gasteiger partial charge in [0.1, 0.15) is 24.7 Å². The Hall–Kier alpha value is -4.00. The monoisotopic (exact) mass is 461 g/mol. The Labute approximate surface area is 200 Å². The minimum absolute atomic E-state index is 0.0917. The van der Waals surface area contributed by atoms with E-state index in [0.717, 1.165) is 17.9 Å². The van der Waals surface area contributed by atoms with Crippen LogP contribution in [0.3, 0.4) is 0 Å². The molecule has 3 N–H and O–H groups in total. The number of amides is 2. The summed E-state index contributed by atoms with van der Waals surface area (Å²) in [5.74, 6) is 1.15. The van der Waals surface area contributed by atoms with Crippen LogP contribution in [0, 0.1) is 0 Å². The van der Waals surface area contributed by atoms with Crippen molar-refractivity contribution >= 4 is 23.2 Å². The van der Waals surface area contributed by atoms with Crippen molar-refractivity contribution in [2.24, 2.45) is 0 Å². The highest BCUT2D eigenvalue weighted by atomic mass is 16.5. The molecule has 3 aromatic rings. The van der Waals surface area contributed by atoms with Crippen LogP contribution in [0.15, 0.2) is 78.9 Å². The zero-order chi connectivity index (χ0) is 24.2. The summed E-state index contributed by atoms with van der Waals surface area (Å²) < 4.78 is 11.3. The van der Waals surface area contributed by atoms with Gasteiger partial charge in [-0.15, -0.1) is 0 Å². The number of benzene rings is 3. The molecule has 0 bridgehead atoms. The number of hydrogen-bond acceptors (Lipinski definition) is 5. The Morgan fingerprint density at radius 3 is 2.21 bits per heavy atom. The summed E-state index contributed by atoms with van der Waals surface area (Å²) in [6.45, 7) is 4.89. The molecule has 178 valence electrons. The Kier molecular flexibility index (Phi) is 9.34. The van der Waals surface area contributed by atoms with Crippen LogP contribution in [-0.4, -0.2) is 37.6 Å². The van der Waals surface area contributed by atoms with Crippen LogP contribution in [0.2, 0.25) is 0 Å².